The predicted octanol–water partition coefficient (Wildman–Crippen LogP) is 3.55. The number of alkyl halides is 3. The number of halogens is 3. The monoisotopic (exact) mass is 413 g/mol. The molecule has 1 aliphatic rings. The number of nitrogens with zero attached hydrogens (tertiary/aromatic N) is 5. The van der Waals surface area contributed by atoms with Crippen LogP contribution in [0, 0.1) is 0 Å². The van der Waals surface area contributed by atoms with Crippen molar-refractivity contribution in [2.24, 2.45) is 0 Å². The van der Waals surface area contributed by atoms with Crippen LogP contribution in [0.1, 0.15) is 5.56 Å². The number of fused-ring (bicyclic) bond motifs is 1. The first-order chi connectivity index (χ1) is 14.4. The molecule has 0 radical (unpaired) electrons. The van der Waals surface area contributed by atoms with E-state index in [-0.39, 0.29) is 5.91 Å². The fraction of sp³-hybridized carbons (Fsp3) is 0.238. The topological polar surface area (TPSA) is 62.2 Å². The molecule has 0 spiro atoms. The third-order valence-corrected chi connectivity index (χ3v) is 5.02. The molecule has 3 aromatic rings. The molecule has 0 saturated carbocycles. The molecule has 1 fully saturated rings. The number of anilines is 1. The largest absolute Gasteiger partial charge is 0.416 e. The Hall–Kier alpha value is -3.49. The molecule has 6 nitrogen and oxygen atoms in total. The van der Waals surface area contributed by atoms with E-state index in [9.17, 15) is 18.0 Å². The maximum absolute atomic E-state index is 12.9. The predicted molar refractivity (Wildman–Crippen MR) is 107 cm³/mol. The van der Waals surface area contributed by atoms with E-state index in [1.807, 2.05) is 11.0 Å². The summed E-state index contributed by atoms with van der Waals surface area (Å²) in [6, 6.07) is 6.58. The smallest absolute Gasteiger partial charge is 0.352 e. The number of hydrogen-bond acceptors (Lipinski definition) is 5. The number of hydrogen-bond donors (Lipinski definition) is 0. The molecule has 4 rings (SSSR count). The second kappa shape index (κ2) is 7.74. The number of piperazine rings is 1. The highest BCUT2D eigenvalue weighted by molar-refractivity contribution is 5.91. The normalized spacial score (nSPS) is 14.8. The van der Waals surface area contributed by atoms with Gasteiger partial charge in [0.1, 0.15) is 5.82 Å². The van der Waals surface area contributed by atoms with E-state index in [4.69, 9.17) is 0 Å². The van der Waals surface area contributed by atoms with Crippen LogP contribution in [-0.2, 0) is 11.0 Å². The quantitative estimate of drug-likeness (QED) is 0.615. The zero-order valence-corrected chi connectivity index (χ0v) is 15.9. The van der Waals surface area contributed by atoms with Crippen molar-refractivity contribution in [3.63, 3.8) is 0 Å². The molecule has 9 heteroatoms. The fourth-order valence-electron chi connectivity index (χ4n) is 3.41. The molecule has 1 aliphatic heterocycles. The molecule has 3 heterocycles. The summed E-state index contributed by atoms with van der Waals surface area (Å²) in [5.74, 6) is 0.878. The number of aromatic nitrogens is 3. The first-order valence-electron chi connectivity index (χ1n) is 9.32. The van der Waals surface area contributed by atoms with Gasteiger partial charge < -0.3 is 9.80 Å². The molecule has 1 aromatic carbocycles. The molecule has 0 unspecified atom stereocenters. The van der Waals surface area contributed by atoms with Crippen LogP contribution in [0.25, 0.3) is 22.3 Å². The molecule has 2 aromatic heterocycles. The number of benzene rings is 1. The molecule has 0 bridgehead atoms. The summed E-state index contributed by atoms with van der Waals surface area (Å²) < 4.78 is 38.6. The fourth-order valence-corrected chi connectivity index (χ4v) is 3.41. The second-order valence-electron chi connectivity index (χ2n) is 6.86. The van der Waals surface area contributed by atoms with Crippen LogP contribution in [0.3, 0.4) is 0 Å². The van der Waals surface area contributed by atoms with Crippen molar-refractivity contribution in [3.05, 3.63) is 60.9 Å². The van der Waals surface area contributed by atoms with Crippen LogP contribution in [0.2, 0.25) is 0 Å². The van der Waals surface area contributed by atoms with Crippen molar-refractivity contribution in [2.45, 2.75) is 6.18 Å². The minimum Gasteiger partial charge on any atom is -0.352 e. The van der Waals surface area contributed by atoms with Gasteiger partial charge in [-0.2, -0.15) is 13.2 Å². The Balaban J connectivity index is 1.70. The van der Waals surface area contributed by atoms with Crippen molar-refractivity contribution < 1.29 is 18.0 Å². The summed E-state index contributed by atoms with van der Waals surface area (Å²) in [6.45, 7) is 5.71. The number of rotatable bonds is 3. The van der Waals surface area contributed by atoms with Crippen molar-refractivity contribution in [3.8, 4) is 11.4 Å². The molecular weight excluding hydrogens is 395 g/mol. The van der Waals surface area contributed by atoms with Gasteiger partial charge in [0, 0.05) is 43.3 Å². The molecular formula is C21H18F3N5O. The van der Waals surface area contributed by atoms with Gasteiger partial charge in [-0.05, 0) is 24.3 Å². The Labute approximate surface area is 170 Å². The van der Waals surface area contributed by atoms with Crippen molar-refractivity contribution >= 4 is 22.6 Å². The zero-order valence-electron chi connectivity index (χ0n) is 15.9. The summed E-state index contributed by atoms with van der Waals surface area (Å²) in [5, 5.41) is 0.796. The third-order valence-electron chi connectivity index (χ3n) is 5.02. The number of carbonyl (C=O) groups is 1. The number of carbonyl (C=O) groups excluding carboxylic acids is 1. The Morgan fingerprint density at radius 3 is 2.37 bits per heavy atom. The van der Waals surface area contributed by atoms with E-state index < -0.39 is 11.7 Å². The molecule has 1 amide bonds. The highest BCUT2D eigenvalue weighted by Crippen LogP contribution is 2.32. The van der Waals surface area contributed by atoms with Gasteiger partial charge in [-0.3, -0.25) is 9.78 Å². The SMILES string of the molecule is C=CC(=O)N1CCN(c2nc(-c3ccc(C(F)(F)F)cc3)nc3cnccc23)CC1. The van der Waals surface area contributed by atoms with Crippen molar-refractivity contribution in [1.82, 2.24) is 19.9 Å². The lowest BCUT2D eigenvalue weighted by atomic mass is 10.1. The molecule has 1 saturated heterocycles. The van der Waals surface area contributed by atoms with Crippen LogP contribution in [0.15, 0.2) is 55.4 Å². The lowest BCUT2D eigenvalue weighted by Gasteiger charge is -2.35. The molecule has 0 aliphatic carbocycles. The van der Waals surface area contributed by atoms with E-state index in [0.717, 1.165) is 17.5 Å². The van der Waals surface area contributed by atoms with Gasteiger partial charge in [-0.15, -0.1) is 0 Å². The first kappa shape index (κ1) is 19.8. The van der Waals surface area contributed by atoms with E-state index >= 15 is 0 Å². The Morgan fingerprint density at radius 1 is 1.03 bits per heavy atom. The molecule has 30 heavy (non-hydrogen) atoms. The molecule has 154 valence electrons. The van der Waals surface area contributed by atoms with E-state index in [2.05, 4.69) is 21.5 Å². The average Bonchev–Trinajstić information content (AvgIpc) is 2.77. The summed E-state index contributed by atoms with van der Waals surface area (Å²) in [4.78, 5) is 28.8. The van der Waals surface area contributed by atoms with Crippen LogP contribution in [0.4, 0.5) is 19.0 Å². The summed E-state index contributed by atoms with van der Waals surface area (Å²) in [6.07, 6.45) is 0.139. The number of amides is 1. The lowest BCUT2D eigenvalue weighted by molar-refractivity contribution is -0.137. The second-order valence-corrected chi connectivity index (χ2v) is 6.86. The van der Waals surface area contributed by atoms with Gasteiger partial charge in [0.15, 0.2) is 5.82 Å². The van der Waals surface area contributed by atoms with Gasteiger partial charge in [0.25, 0.3) is 0 Å². The Kier molecular flexibility index (Phi) is 5.11. The van der Waals surface area contributed by atoms with Gasteiger partial charge in [-0.25, -0.2) is 9.97 Å². The van der Waals surface area contributed by atoms with E-state index in [0.29, 0.717) is 48.9 Å². The zero-order chi connectivity index (χ0) is 21.3. The summed E-state index contributed by atoms with van der Waals surface area (Å²) in [5.41, 5.74) is 0.356. The van der Waals surface area contributed by atoms with E-state index in [1.54, 1.807) is 17.3 Å². The van der Waals surface area contributed by atoms with Crippen molar-refractivity contribution in [1.29, 1.82) is 0 Å². The van der Waals surface area contributed by atoms with Crippen LogP contribution >= 0.6 is 0 Å². The van der Waals surface area contributed by atoms with Crippen LogP contribution in [-0.4, -0.2) is 51.9 Å². The van der Waals surface area contributed by atoms with Gasteiger partial charge in [-0.1, -0.05) is 18.7 Å². The Bertz CT molecular complexity index is 1090. The van der Waals surface area contributed by atoms with Gasteiger partial charge >= 0.3 is 6.18 Å². The minimum absolute atomic E-state index is 0.114. The van der Waals surface area contributed by atoms with E-state index in [1.165, 1.54) is 18.2 Å². The Morgan fingerprint density at radius 2 is 1.73 bits per heavy atom. The standard InChI is InChI=1S/C21H18F3N5O/c1-2-18(30)28-9-11-29(12-10-28)20-16-7-8-25-13-17(16)26-19(27-20)14-3-5-15(6-4-14)21(22,23)24/h2-8,13H,1,9-12H2. The molecule has 0 N–H and O–H groups in total. The third kappa shape index (κ3) is 3.83. The average molecular weight is 413 g/mol. The minimum atomic E-state index is -4.40. The maximum Gasteiger partial charge on any atom is 0.416 e. The number of pyridine rings is 1. The van der Waals surface area contributed by atoms with Gasteiger partial charge in [0.05, 0.1) is 17.3 Å². The summed E-state index contributed by atoms with van der Waals surface area (Å²) >= 11 is 0. The highest BCUT2D eigenvalue weighted by atomic mass is 19.4. The maximum atomic E-state index is 12.9. The van der Waals surface area contributed by atoms with Gasteiger partial charge in [0.2, 0.25) is 5.91 Å². The molecule has 0 atom stereocenters. The first-order valence-corrected chi connectivity index (χ1v) is 9.32. The van der Waals surface area contributed by atoms with Crippen LogP contribution < -0.4 is 4.90 Å². The lowest BCUT2D eigenvalue weighted by Crippen LogP contribution is -2.48. The highest BCUT2D eigenvalue weighted by Gasteiger charge is 2.30. The van der Waals surface area contributed by atoms with Crippen LogP contribution in [0.5, 0.6) is 0 Å². The summed E-state index contributed by atoms with van der Waals surface area (Å²) in [7, 11) is 0. The van der Waals surface area contributed by atoms with Crippen molar-refractivity contribution in [2.75, 3.05) is 31.1 Å².